The van der Waals surface area contributed by atoms with Crippen LogP contribution in [0.2, 0.25) is 0 Å². The van der Waals surface area contributed by atoms with Crippen LogP contribution in [0.3, 0.4) is 0 Å². The summed E-state index contributed by atoms with van der Waals surface area (Å²) in [5, 5.41) is 6.98. The van der Waals surface area contributed by atoms with E-state index in [1.54, 1.807) is 38.5 Å². The lowest BCUT2D eigenvalue weighted by Gasteiger charge is -2.13. The molecule has 24 heavy (non-hydrogen) atoms. The molecule has 124 valence electrons. The largest absolute Gasteiger partial charge is 0.493 e. The minimum Gasteiger partial charge on any atom is -0.493 e. The number of nitrogens with one attached hydrogen (secondary N) is 1. The summed E-state index contributed by atoms with van der Waals surface area (Å²) in [6, 6.07) is 10.9. The minimum absolute atomic E-state index is 0.309. The first-order valence-electron chi connectivity index (χ1n) is 7.28. The van der Waals surface area contributed by atoms with E-state index in [4.69, 9.17) is 15.2 Å². The SMILES string of the molecule is COc1ccc([C@@H](N)c2nc(-c3ccc(F)cc3)n[nH]2)cc1OC. The van der Waals surface area contributed by atoms with Crippen molar-refractivity contribution in [2.75, 3.05) is 14.2 Å². The summed E-state index contributed by atoms with van der Waals surface area (Å²) in [4.78, 5) is 4.40. The van der Waals surface area contributed by atoms with E-state index >= 15 is 0 Å². The van der Waals surface area contributed by atoms with Gasteiger partial charge in [-0.3, -0.25) is 5.10 Å². The van der Waals surface area contributed by atoms with Crippen molar-refractivity contribution in [3.63, 3.8) is 0 Å². The number of nitrogens with two attached hydrogens (primary N) is 1. The Morgan fingerprint density at radius 2 is 1.75 bits per heavy atom. The quantitative estimate of drug-likeness (QED) is 0.752. The molecule has 0 unspecified atom stereocenters. The summed E-state index contributed by atoms with van der Waals surface area (Å²) in [6.07, 6.45) is 0. The van der Waals surface area contributed by atoms with Gasteiger partial charge in [-0.1, -0.05) is 6.07 Å². The molecule has 0 saturated heterocycles. The highest BCUT2D eigenvalue weighted by Gasteiger charge is 2.17. The molecule has 1 atom stereocenters. The fourth-order valence-corrected chi connectivity index (χ4v) is 2.35. The molecule has 0 bridgehead atoms. The van der Waals surface area contributed by atoms with Crippen LogP contribution in [-0.2, 0) is 0 Å². The number of hydrogen-bond donors (Lipinski definition) is 2. The second-order valence-electron chi connectivity index (χ2n) is 5.14. The number of aromatic amines is 1. The summed E-state index contributed by atoms with van der Waals surface area (Å²) in [5.41, 5.74) is 7.76. The van der Waals surface area contributed by atoms with Crippen molar-refractivity contribution in [2.24, 2.45) is 5.73 Å². The average Bonchev–Trinajstić information content (AvgIpc) is 3.11. The molecule has 6 nitrogen and oxygen atoms in total. The third kappa shape index (κ3) is 3.07. The van der Waals surface area contributed by atoms with Gasteiger partial charge in [0, 0.05) is 5.56 Å². The lowest BCUT2D eigenvalue weighted by Crippen LogP contribution is -2.14. The van der Waals surface area contributed by atoms with E-state index in [0.29, 0.717) is 28.7 Å². The Hall–Kier alpha value is -2.93. The van der Waals surface area contributed by atoms with Crippen molar-refractivity contribution in [3.05, 3.63) is 59.7 Å². The molecule has 0 aliphatic rings. The number of rotatable bonds is 5. The van der Waals surface area contributed by atoms with Crippen LogP contribution in [0.15, 0.2) is 42.5 Å². The zero-order valence-corrected chi connectivity index (χ0v) is 13.3. The normalized spacial score (nSPS) is 12.0. The molecule has 3 N–H and O–H groups in total. The first-order chi connectivity index (χ1) is 11.6. The van der Waals surface area contributed by atoms with Crippen molar-refractivity contribution >= 4 is 0 Å². The van der Waals surface area contributed by atoms with Gasteiger partial charge < -0.3 is 15.2 Å². The van der Waals surface area contributed by atoms with Crippen LogP contribution in [-0.4, -0.2) is 29.4 Å². The second kappa shape index (κ2) is 6.67. The van der Waals surface area contributed by atoms with Crippen LogP contribution in [0.25, 0.3) is 11.4 Å². The van der Waals surface area contributed by atoms with Crippen molar-refractivity contribution in [3.8, 4) is 22.9 Å². The highest BCUT2D eigenvalue weighted by molar-refractivity contribution is 5.54. The molecule has 0 spiro atoms. The number of hydrogen-bond acceptors (Lipinski definition) is 5. The molecule has 0 fully saturated rings. The molecule has 0 radical (unpaired) electrons. The predicted molar refractivity (Wildman–Crippen MR) is 87.4 cm³/mol. The first-order valence-corrected chi connectivity index (χ1v) is 7.28. The molecule has 2 aromatic carbocycles. The van der Waals surface area contributed by atoms with Crippen LogP contribution >= 0.6 is 0 Å². The van der Waals surface area contributed by atoms with Crippen molar-refractivity contribution in [1.29, 1.82) is 0 Å². The predicted octanol–water partition coefficient (Wildman–Crippen LogP) is 2.68. The molecule has 1 aromatic heterocycles. The Kier molecular flexibility index (Phi) is 4.43. The monoisotopic (exact) mass is 328 g/mol. The maximum atomic E-state index is 13.0. The standard InChI is InChI=1S/C17H17FN4O2/c1-23-13-8-5-11(9-14(13)24-2)15(19)17-20-16(21-22-17)10-3-6-12(18)7-4-10/h3-9,15H,19H2,1-2H3,(H,20,21,22)/t15-/m1/s1. The number of ether oxygens (including phenoxy) is 2. The average molecular weight is 328 g/mol. The maximum absolute atomic E-state index is 13.0. The van der Waals surface area contributed by atoms with Crippen LogP contribution in [0.4, 0.5) is 4.39 Å². The molecule has 0 amide bonds. The molecule has 7 heteroatoms. The van der Waals surface area contributed by atoms with Gasteiger partial charge in [-0.25, -0.2) is 9.37 Å². The molecule has 0 saturated carbocycles. The Labute approximate surface area is 138 Å². The summed E-state index contributed by atoms with van der Waals surface area (Å²) in [5.74, 6) is 1.86. The van der Waals surface area contributed by atoms with E-state index < -0.39 is 6.04 Å². The van der Waals surface area contributed by atoms with Gasteiger partial charge in [0.25, 0.3) is 0 Å². The second-order valence-corrected chi connectivity index (χ2v) is 5.14. The minimum atomic E-state index is -0.508. The molecule has 3 aromatic rings. The summed E-state index contributed by atoms with van der Waals surface area (Å²) in [7, 11) is 3.14. The lowest BCUT2D eigenvalue weighted by atomic mass is 10.1. The van der Waals surface area contributed by atoms with E-state index in [1.807, 2.05) is 6.07 Å². The van der Waals surface area contributed by atoms with Crippen molar-refractivity contribution in [2.45, 2.75) is 6.04 Å². The molecule has 3 rings (SSSR count). The summed E-state index contributed by atoms with van der Waals surface area (Å²) >= 11 is 0. The topological polar surface area (TPSA) is 86.0 Å². The number of nitrogens with zero attached hydrogens (tertiary/aromatic N) is 2. The molecule has 0 aliphatic carbocycles. The van der Waals surface area contributed by atoms with Gasteiger partial charge in [0.15, 0.2) is 17.3 Å². The van der Waals surface area contributed by atoms with Crippen LogP contribution < -0.4 is 15.2 Å². The summed E-state index contributed by atoms with van der Waals surface area (Å²) in [6.45, 7) is 0. The van der Waals surface area contributed by atoms with Crippen molar-refractivity contribution in [1.82, 2.24) is 15.2 Å². The fourth-order valence-electron chi connectivity index (χ4n) is 2.35. The van der Waals surface area contributed by atoms with Gasteiger partial charge in [0.05, 0.1) is 20.3 Å². The highest BCUT2D eigenvalue weighted by atomic mass is 19.1. The van der Waals surface area contributed by atoms with Gasteiger partial charge in [0.1, 0.15) is 11.6 Å². The van der Waals surface area contributed by atoms with Gasteiger partial charge in [0.2, 0.25) is 0 Å². The molecular weight excluding hydrogens is 311 g/mol. The Morgan fingerprint density at radius 3 is 2.42 bits per heavy atom. The highest BCUT2D eigenvalue weighted by Crippen LogP contribution is 2.30. The van der Waals surface area contributed by atoms with Gasteiger partial charge in [-0.2, -0.15) is 5.10 Å². The zero-order valence-electron chi connectivity index (χ0n) is 13.3. The van der Waals surface area contributed by atoms with Crippen LogP contribution in [0, 0.1) is 5.82 Å². The number of benzene rings is 2. The van der Waals surface area contributed by atoms with E-state index in [-0.39, 0.29) is 5.82 Å². The number of H-pyrrole nitrogens is 1. The van der Waals surface area contributed by atoms with Crippen LogP contribution in [0.5, 0.6) is 11.5 Å². The number of methoxy groups -OCH3 is 2. The van der Waals surface area contributed by atoms with E-state index in [1.165, 1.54) is 12.1 Å². The molecule has 1 heterocycles. The van der Waals surface area contributed by atoms with E-state index in [9.17, 15) is 4.39 Å². The maximum Gasteiger partial charge on any atom is 0.181 e. The number of aromatic nitrogens is 3. The Balaban J connectivity index is 1.88. The van der Waals surface area contributed by atoms with E-state index in [2.05, 4.69) is 15.2 Å². The van der Waals surface area contributed by atoms with Crippen molar-refractivity contribution < 1.29 is 13.9 Å². The van der Waals surface area contributed by atoms with Gasteiger partial charge >= 0.3 is 0 Å². The van der Waals surface area contributed by atoms with Crippen LogP contribution in [0.1, 0.15) is 17.4 Å². The Morgan fingerprint density at radius 1 is 1.04 bits per heavy atom. The smallest absolute Gasteiger partial charge is 0.181 e. The fraction of sp³-hybridized carbons (Fsp3) is 0.176. The Bertz CT molecular complexity index is 833. The third-order valence-corrected chi connectivity index (χ3v) is 3.67. The first kappa shape index (κ1) is 15.9. The van der Waals surface area contributed by atoms with Gasteiger partial charge in [-0.05, 0) is 42.0 Å². The van der Waals surface area contributed by atoms with E-state index in [0.717, 1.165) is 5.56 Å². The zero-order chi connectivity index (χ0) is 17.1. The summed E-state index contributed by atoms with van der Waals surface area (Å²) < 4.78 is 23.5. The number of halogens is 1. The third-order valence-electron chi connectivity index (χ3n) is 3.67. The molecular formula is C17H17FN4O2. The lowest BCUT2D eigenvalue weighted by molar-refractivity contribution is 0.354. The van der Waals surface area contributed by atoms with Gasteiger partial charge in [-0.15, -0.1) is 0 Å². The molecule has 0 aliphatic heterocycles.